The highest BCUT2D eigenvalue weighted by atomic mass is 32.2. The van der Waals surface area contributed by atoms with Crippen molar-refractivity contribution in [1.82, 2.24) is 19.7 Å². The molecule has 5 aromatic rings. The van der Waals surface area contributed by atoms with Gasteiger partial charge in [0.2, 0.25) is 0 Å². The lowest BCUT2D eigenvalue weighted by atomic mass is 9.87. The third kappa shape index (κ3) is 5.40. The Bertz CT molecular complexity index is 1960. The molecule has 4 aromatic heterocycles. The number of aromatic nitrogens is 3. The van der Waals surface area contributed by atoms with Crippen molar-refractivity contribution >= 4 is 51.4 Å². The summed E-state index contributed by atoms with van der Waals surface area (Å²) in [5.41, 5.74) is 6.01. The first-order valence-corrected chi connectivity index (χ1v) is 16.7. The Balaban J connectivity index is 1.38. The van der Waals surface area contributed by atoms with E-state index in [9.17, 15) is 14.0 Å². The first kappa shape index (κ1) is 29.6. The highest BCUT2D eigenvalue weighted by molar-refractivity contribution is 7.99. The number of nitrogens with zero attached hydrogens (tertiary/aromatic N) is 3. The minimum Gasteiger partial charge on any atom is -0.362 e. The Morgan fingerprint density at radius 2 is 1.96 bits per heavy atom. The highest BCUT2D eigenvalue weighted by Gasteiger charge is 2.42. The second-order valence-corrected chi connectivity index (χ2v) is 14.7. The van der Waals surface area contributed by atoms with E-state index in [1.807, 2.05) is 31.3 Å². The zero-order valence-electron chi connectivity index (χ0n) is 25.2. The molecule has 7 rings (SSSR count). The average Bonchev–Trinajstić information content (AvgIpc) is 3.65. The third-order valence-electron chi connectivity index (χ3n) is 8.55. The van der Waals surface area contributed by atoms with Crippen LogP contribution in [0.2, 0.25) is 0 Å². The molecular weight excluding hydrogens is 606 g/mol. The molecule has 2 unspecified atom stereocenters. The molecule has 2 aliphatic rings. The van der Waals surface area contributed by atoms with Gasteiger partial charge in [-0.15, -0.1) is 11.3 Å². The summed E-state index contributed by atoms with van der Waals surface area (Å²) in [5, 5.41) is 4.63. The van der Waals surface area contributed by atoms with E-state index in [-0.39, 0.29) is 23.7 Å². The van der Waals surface area contributed by atoms with E-state index < -0.39 is 4.75 Å². The van der Waals surface area contributed by atoms with E-state index in [1.165, 1.54) is 41.0 Å². The Morgan fingerprint density at radius 3 is 2.73 bits per heavy atom. The van der Waals surface area contributed by atoms with Crippen LogP contribution in [0.4, 0.5) is 10.2 Å². The van der Waals surface area contributed by atoms with Crippen LogP contribution in [0.25, 0.3) is 20.5 Å². The van der Waals surface area contributed by atoms with Crippen LogP contribution in [-0.4, -0.2) is 27.1 Å². The second-order valence-electron chi connectivity index (χ2n) is 12.3. The molecule has 228 valence electrons. The Hall–Kier alpha value is -4.15. The summed E-state index contributed by atoms with van der Waals surface area (Å²) in [6.45, 7) is 6.23. The number of halogens is 1. The number of pyridine rings is 3. The lowest BCUT2D eigenvalue weighted by Gasteiger charge is -2.35. The van der Waals surface area contributed by atoms with Gasteiger partial charge in [-0.3, -0.25) is 24.3 Å². The minimum atomic E-state index is -0.655. The fourth-order valence-corrected chi connectivity index (χ4v) is 8.54. The van der Waals surface area contributed by atoms with Gasteiger partial charge in [-0.1, -0.05) is 32.0 Å². The van der Waals surface area contributed by atoms with Gasteiger partial charge in [0, 0.05) is 34.1 Å². The molecule has 5 heterocycles. The number of carbonyl (C=O) groups is 2. The van der Waals surface area contributed by atoms with Crippen LogP contribution in [0, 0.1) is 11.7 Å². The molecular formula is C35H32FN5O2S2. The van der Waals surface area contributed by atoms with Crippen molar-refractivity contribution < 1.29 is 14.0 Å². The van der Waals surface area contributed by atoms with Gasteiger partial charge in [-0.25, -0.2) is 9.37 Å². The number of aryl methyl sites for hydroxylation is 1. The van der Waals surface area contributed by atoms with Gasteiger partial charge in [0.1, 0.15) is 11.6 Å². The quantitative estimate of drug-likeness (QED) is 0.132. The number of hydrogen-bond donors (Lipinski definition) is 2. The summed E-state index contributed by atoms with van der Waals surface area (Å²) in [6.07, 6.45) is 7.40. The van der Waals surface area contributed by atoms with Crippen molar-refractivity contribution in [2.24, 2.45) is 5.92 Å². The lowest BCUT2D eigenvalue weighted by Crippen LogP contribution is -2.38. The molecule has 1 aliphatic carbocycles. The second kappa shape index (κ2) is 11.7. The van der Waals surface area contributed by atoms with E-state index in [1.54, 1.807) is 18.3 Å². The summed E-state index contributed by atoms with van der Waals surface area (Å²) in [4.78, 5) is 41.7. The van der Waals surface area contributed by atoms with Crippen LogP contribution < -0.4 is 10.0 Å². The Morgan fingerprint density at radius 1 is 1.13 bits per heavy atom. The monoisotopic (exact) mass is 637 g/mol. The van der Waals surface area contributed by atoms with E-state index in [2.05, 4.69) is 34.9 Å². The number of fused-ring (bicyclic) bond motifs is 3. The van der Waals surface area contributed by atoms with Gasteiger partial charge in [0.05, 0.1) is 32.4 Å². The summed E-state index contributed by atoms with van der Waals surface area (Å²) in [7, 11) is 0. The zero-order chi connectivity index (χ0) is 31.3. The molecule has 1 amide bonds. The number of benzene rings is 1. The molecule has 0 fully saturated rings. The van der Waals surface area contributed by atoms with Gasteiger partial charge >= 0.3 is 0 Å². The van der Waals surface area contributed by atoms with Gasteiger partial charge < -0.3 is 5.32 Å². The summed E-state index contributed by atoms with van der Waals surface area (Å²) in [6, 6.07) is 14.6. The van der Waals surface area contributed by atoms with Gasteiger partial charge in [0.25, 0.3) is 5.91 Å². The zero-order valence-corrected chi connectivity index (χ0v) is 26.8. The van der Waals surface area contributed by atoms with E-state index in [0.29, 0.717) is 40.9 Å². The van der Waals surface area contributed by atoms with E-state index in [0.717, 1.165) is 51.2 Å². The summed E-state index contributed by atoms with van der Waals surface area (Å²) >= 11 is 2.84. The molecule has 0 radical (unpaired) electrons. The average molecular weight is 638 g/mol. The molecule has 7 nitrogen and oxygen atoms in total. The first-order valence-electron chi connectivity index (χ1n) is 15.1. The predicted octanol–water partition coefficient (Wildman–Crippen LogP) is 7.85. The molecule has 10 heteroatoms. The summed E-state index contributed by atoms with van der Waals surface area (Å²) < 4.78 is 17.0. The molecule has 0 bridgehead atoms. The van der Waals surface area contributed by atoms with Crippen molar-refractivity contribution in [2.45, 2.75) is 57.2 Å². The van der Waals surface area contributed by atoms with Crippen molar-refractivity contribution in [2.75, 3.05) is 5.32 Å². The number of aldehydes is 1. The van der Waals surface area contributed by atoms with Crippen LogP contribution in [0.1, 0.15) is 82.2 Å². The fourth-order valence-electron chi connectivity index (χ4n) is 6.47. The van der Waals surface area contributed by atoms with Gasteiger partial charge in [0.15, 0.2) is 6.29 Å². The number of rotatable bonds is 8. The normalized spacial score (nSPS) is 19.0. The molecule has 0 saturated heterocycles. The largest absolute Gasteiger partial charge is 0.362 e. The fraction of sp³-hybridized carbons (Fsp3) is 0.286. The van der Waals surface area contributed by atoms with Gasteiger partial charge in [-0.05, 0) is 97.3 Å². The number of carbonyl (C=O) groups excluding carboxylic acids is 2. The highest BCUT2D eigenvalue weighted by Crippen LogP contribution is 2.48. The topological polar surface area (TPSA) is 96.9 Å². The molecule has 2 atom stereocenters. The number of thiophene rings is 1. The Labute approximate surface area is 269 Å². The number of nitrogens with one attached hydrogen (secondary N) is 2. The minimum absolute atomic E-state index is 0.101. The SMILES string of the molecule is CC(C)Cc1nc2c(c(-c3cc4ccnc(NC5CCc6ncccc65)c4s3)c1C=O)C(=O)NSC2(C)Cc1ccc(F)cc1. The van der Waals surface area contributed by atoms with Crippen LogP contribution in [0.3, 0.4) is 0 Å². The lowest BCUT2D eigenvalue weighted by molar-refractivity contribution is 0.0979. The molecule has 45 heavy (non-hydrogen) atoms. The van der Waals surface area contributed by atoms with Crippen LogP contribution in [0.5, 0.6) is 0 Å². The van der Waals surface area contributed by atoms with Gasteiger partial charge in [-0.2, -0.15) is 0 Å². The molecule has 0 spiro atoms. The van der Waals surface area contributed by atoms with E-state index in [4.69, 9.17) is 9.97 Å². The maximum absolute atomic E-state index is 13.7. The maximum atomic E-state index is 13.7. The van der Waals surface area contributed by atoms with Crippen molar-refractivity contribution in [3.63, 3.8) is 0 Å². The Kier molecular flexibility index (Phi) is 7.65. The van der Waals surface area contributed by atoms with Crippen LogP contribution >= 0.6 is 23.3 Å². The standard InChI is InChI=1S/C35H32FN5O2S2/c1-19(2)15-27-24(18-42)29(30-32(39-27)35(3,45-41-34(30)43)17-20-6-8-22(36)9-7-20)28-16-21-12-14-38-33(31(21)44-28)40-26-11-10-25-23(26)5-4-13-37-25/h4-9,12-14,16,18-19,26H,10-11,15,17H2,1-3H3,(H,38,40)(H,41,43). The number of amides is 1. The number of anilines is 1. The maximum Gasteiger partial charge on any atom is 0.263 e. The third-order valence-corrected chi connectivity index (χ3v) is 10.8. The number of hydrogen-bond acceptors (Lipinski definition) is 8. The summed E-state index contributed by atoms with van der Waals surface area (Å²) in [5.74, 6) is 0.426. The first-order chi connectivity index (χ1) is 21.7. The molecule has 1 aliphatic heterocycles. The van der Waals surface area contributed by atoms with Crippen molar-refractivity contribution in [3.05, 3.63) is 106 Å². The molecule has 1 aromatic carbocycles. The van der Waals surface area contributed by atoms with Crippen molar-refractivity contribution in [1.29, 1.82) is 0 Å². The smallest absolute Gasteiger partial charge is 0.263 e. The predicted molar refractivity (Wildman–Crippen MR) is 178 cm³/mol. The van der Waals surface area contributed by atoms with E-state index >= 15 is 0 Å². The van der Waals surface area contributed by atoms with Crippen LogP contribution in [-0.2, 0) is 24.0 Å². The molecule has 2 N–H and O–H groups in total. The molecule has 0 saturated carbocycles. The van der Waals surface area contributed by atoms with Crippen LogP contribution in [0.15, 0.2) is 60.9 Å². The van der Waals surface area contributed by atoms with Crippen molar-refractivity contribution in [3.8, 4) is 10.4 Å².